The number of phenolic OH excluding ortho intramolecular Hbond substituents is 2. The molecule has 0 saturated carbocycles. The standard InChI is InChI=1S/C34H45N7O8S/c1-22(2)27-19-28(30(43)20-29(27)42)31-35-36-34(47)41(31)26-5-3-23(4-6-26)21-37-15-17-40(18-16-37)50(48,49)39-13-9-24(10-14-39)32(44)38-11-7-25(8-12-38)33(45)46/h3-6,19-20,22,24-25,42-43H,7-18,21H2,1-2H3,(H,36,47)(H,45,46). The summed E-state index contributed by atoms with van der Waals surface area (Å²) in [5.74, 6) is -1.51. The van der Waals surface area contributed by atoms with Gasteiger partial charge in [-0.15, -0.1) is 0 Å². The summed E-state index contributed by atoms with van der Waals surface area (Å²) < 4.78 is 31.4. The first-order valence-corrected chi connectivity index (χ1v) is 18.5. The average Bonchev–Trinajstić information content (AvgIpc) is 3.49. The molecule has 3 aromatic rings. The number of aliphatic carboxylic acids is 1. The number of likely N-dealkylation sites (tertiary alicyclic amines) is 1. The minimum Gasteiger partial charge on any atom is -0.508 e. The van der Waals surface area contributed by atoms with Gasteiger partial charge in [0.15, 0.2) is 5.82 Å². The molecule has 3 fully saturated rings. The summed E-state index contributed by atoms with van der Waals surface area (Å²) in [4.78, 5) is 41.0. The van der Waals surface area contributed by atoms with E-state index in [0.29, 0.717) is 88.3 Å². The lowest BCUT2D eigenvalue weighted by Crippen LogP contribution is -2.54. The van der Waals surface area contributed by atoms with Crippen molar-refractivity contribution in [3.63, 3.8) is 0 Å². The highest BCUT2D eigenvalue weighted by Gasteiger charge is 2.38. The number of piperazine rings is 1. The van der Waals surface area contributed by atoms with Crippen molar-refractivity contribution < 1.29 is 33.3 Å². The first-order valence-electron chi connectivity index (χ1n) is 17.2. The van der Waals surface area contributed by atoms with E-state index in [1.807, 2.05) is 26.0 Å². The number of carboxylic acids is 1. The van der Waals surface area contributed by atoms with Gasteiger partial charge in [-0.25, -0.2) is 14.5 Å². The van der Waals surface area contributed by atoms with Crippen LogP contribution in [0.15, 0.2) is 41.2 Å². The van der Waals surface area contributed by atoms with Gasteiger partial charge in [-0.1, -0.05) is 26.0 Å². The summed E-state index contributed by atoms with van der Waals surface area (Å²) in [5, 5.41) is 36.7. The van der Waals surface area contributed by atoms with Crippen molar-refractivity contribution in [2.75, 3.05) is 52.4 Å². The van der Waals surface area contributed by atoms with Crippen molar-refractivity contribution in [2.45, 2.75) is 52.0 Å². The predicted octanol–water partition coefficient (Wildman–Crippen LogP) is 2.16. The van der Waals surface area contributed by atoms with Crippen molar-refractivity contribution in [2.24, 2.45) is 11.8 Å². The van der Waals surface area contributed by atoms with Gasteiger partial charge in [0.1, 0.15) is 11.5 Å². The molecule has 0 bridgehead atoms. The van der Waals surface area contributed by atoms with E-state index < -0.39 is 27.8 Å². The number of aromatic hydroxyl groups is 2. The molecule has 3 saturated heterocycles. The molecule has 1 aromatic heterocycles. The van der Waals surface area contributed by atoms with Crippen LogP contribution in [0, 0.1) is 11.8 Å². The van der Waals surface area contributed by atoms with E-state index in [4.69, 9.17) is 0 Å². The maximum absolute atomic E-state index is 13.5. The molecule has 0 atom stereocenters. The Morgan fingerprint density at radius 1 is 0.860 bits per heavy atom. The van der Waals surface area contributed by atoms with Crippen LogP contribution in [0.3, 0.4) is 0 Å². The Bertz CT molecular complexity index is 1870. The van der Waals surface area contributed by atoms with Gasteiger partial charge in [-0.05, 0) is 60.9 Å². The highest BCUT2D eigenvalue weighted by Crippen LogP contribution is 2.37. The van der Waals surface area contributed by atoms with E-state index in [1.54, 1.807) is 23.1 Å². The number of nitrogens with one attached hydrogen (secondary N) is 1. The van der Waals surface area contributed by atoms with Crippen LogP contribution >= 0.6 is 0 Å². The number of phenols is 2. The fraction of sp³-hybridized carbons (Fsp3) is 0.529. The number of rotatable bonds is 9. The predicted molar refractivity (Wildman–Crippen MR) is 184 cm³/mol. The molecule has 1 amide bonds. The molecule has 4 N–H and O–H groups in total. The largest absolute Gasteiger partial charge is 0.508 e. The van der Waals surface area contributed by atoms with Gasteiger partial charge in [-0.3, -0.25) is 14.5 Å². The van der Waals surface area contributed by atoms with Crippen LogP contribution in [0.1, 0.15) is 56.6 Å². The number of nitrogens with zero attached hydrogens (tertiary/aromatic N) is 6. The number of hydrogen-bond acceptors (Lipinski definition) is 9. The zero-order valence-electron chi connectivity index (χ0n) is 28.4. The molecule has 3 aliphatic rings. The molecule has 50 heavy (non-hydrogen) atoms. The smallest absolute Gasteiger partial charge is 0.348 e. The van der Waals surface area contributed by atoms with Crippen LogP contribution in [-0.2, 0) is 26.3 Å². The van der Waals surface area contributed by atoms with Gasteiger partial charge in [0.25, 0.3) is 10.2 Å². The second-order valence-electron chi connectivity index (χ2n) is 13.7. The van der Waals surface area contributed by atoms with Crippen molar-refractivity contribution in [3.05, 3.63) is 58.0 Å². The molecule has 2 aromatic carbocycles. The number of hydrogen-bond donors (Lipinski definition) is 4. The van der Waals surface area contributed by atoms with Crippen molar-refractivity contribution in [3.8, 4) is 28.6 Å². The van der Waals surface area contributed by atoms with E-state index in [-0.39, 0.29) is 48.2 Å². The molecule has 4 heterocycles. The highest BCUT2D eigenvalue weighted by molar-refractivity contribution is 7.86. The number of carbonyl (C=O) groups excluding carboxylic acids is 1. The van der Waals surface area contributed by atoms with E-state index in [2.05, 4.69) is 15.1 Å². The number of H-pyrrole nitrogens is 1. The summed E-state index contributed by atoms with van der Waals surface area (Å²) in [5.41, 5.74) is 1.99. The number of aromatic nitrogens is 3. The van der Waals surface area contributed by atoms with Crippen LogP contribution in [-0.4, -0.2) is 121 Å². The Morgan fingerprint density at radius 2 is 1.46 bits per heavy atom. The number of piperidine rings is 2. The summed E-state index contributed by atoms with van der Waals surface area (Å²) in [7, 11) is -3.67. The van der Waals surface area contributed by atoms with Gasteiger partial charge in [0, 0.05) is 70.9 Å². The van der Waals surface area contributed by atoms with Gasteiger partial charge < -0.3 is 20.2 Å². The number of carboxylic acid groups (broad SMARTS) is 1. The van der Waals surface area contributed by atoms with Crippen LogP contribution < -0.4 is 5.69 Å². The number of amides is 1. The zero-order chi connectivity index (χ0) is 35.7. The lowest BCUT2D eigenvalue weighted by Gasteiger charge is -2.39. The Hall–Kier alpha value is -4.25. The molecule has 15 nitrogen and oxygen atoms in total. The zero-order valence-corrected chi connectivity index (χ0v) is 29.2. The second-order valence-corrected chi connectivity index (χ2v) is 15.7. The normalized spacial score (nSPS) is 19.3. The quantitative estimate of drug-likeness (QED) is 0.256. The van der Waals surface area contributed by atoms with E-state index in [9.17, 15) is 38.1 Å². The summed E-state index contributed by atoms with van der Waals surface area (Å²) in [6.45, 7) is 7.64. The molecule has 0 unspecified atom stereocenters. The molecule has 0 spiro atoms. The first kappa shape index (κ1) is 35.6. The maximum Gasteiger partial charge on any atom is 0.348 e. The Labute approximate surface area is 290 Å². The summed E-state index contributed by atoms with van der Waals surface area (Å²) >= 11 is 0. The fourth-order valence-electron chi connectivity index (χ4n) is 7.18. The van der Waals surface area contributed by atoms with Crippen molar-refractivity contribution in [1.29, 1.82) is 0 Å². The van der Waals surface area contributed by atoms with Crippen LogP contribution in [0.4, 0.5) is 0 Å². The number of aromatic amines is 1. The lowest BCUT2D eigenvalue weighted by atomic mass is 9.93. The molecule has 16 heteroatoms. The Kier molecular flexibility index (Phi) is 10.3. The molecule has 3 aliphatic heterocycles. The van der Waals surface area contributed by atoms with Crippen LogP contribution in [0.2, 0.25) is 0 Å². The van der Waals surface area contributed by atoms with E-state index >= 15 is 0 Å². The third kappa shape index (κ3) is 7.29. The molecule has 0 aliphatic carbocycles. The van der Waals surface area contributed by atoms with Gasteiger partial charge in [0.2, 0.25) is 5.91 Å². The molecule has 270 valence electrons. The third-order valence-corrected chi connectivity index (χ3v) is 12.3. The van der Waals surface area contributed by atoms with Crippen LogP contribution in [0.25, 0.3) is 17.1 Å². The second kappa shape index (κ2) is 14.5. The first-order chi connectivity index (χ1) is 23.8. The van der Waals surface area contributed by atoms with Crippen molar-refractivity contribution in [1.82, 2.24) is 33.2 Å². The van der Waals surface area contributed by atoms with Gasteiger partial charge >= 0.3 is 11.7 Å². The SMILES string of the molecule is CC(C)c1cc(-c2n[nH]c(=O)n2-c2ccc(CN3CCN(S(=O)(=O)N4CCC(C(=O)N5CCC(C(=O)O)CC5)CC4)CC3)cc2)c(O)cc1O. The average molecular weight is 712 g/mol. The fourth-order valence-corrected chi connectivity index (χ4v) is 8.81. The van der Waals surface area contributed by atoms with Crippen molar-refractivity contribution >= 4 is 22.1 Å². The van der Waals surface area contributed by atoms with Crippen LogP contribution in [0.5, 0.6) is 11.5 Å². The highest BCUT2D eigenvalue weighted by atomic mass is 32.2. The maximum atomic E-state index is 13.5. The summed E-state index contributed by atoms with van der Waals surface area (Å²) in [6, 6.07) is 10.3. The number of carbonyl (C=O) groups is 2. The van der Waals surface area contributed by atoms with E-state index in [0.717, 1.165) is 5.56 Å². The number of benzene rings is 2. The third-order valence-electron chi connectivity index (χ3n) is 10.2. The minimum atomic E-state index is -3.67. The topological polar surface area (TPSA) is 193 Å². The molecular formula is C34H45N7O8S. The monoisotopic (exact) mass is 711 g/mol. The molecule has 6 rings (SSSR count). The van der Waals surface area contributed by atoms with E-state index in [1.165, 1.54) is 19.2 Å². The summed E-state index contributed by atoms with van der Waals surface area (Å²) in [6.07, 6.45) is 1.81. The molecular weight excluding hydrogens is 666 g/mol. The minimum absolute atomic E-state index is 0.00155. The molecule has 0 radical (unpaired) electrons. The Balaban J connectivity index is 1.02. The lowest BCUT2D eigenvalue weighted by molar-refractivity contribution is -0.147. The Morgan fingerprint density at radius 3 is 2.06 bits per heavy atom. The van der Waals surface area contributed by atoms with Gasteiger partial charge in [0.05, 0.1) is 17.2 Å². The van der Waals surface area contributed by atoms with Gasteiger partial charge in [-0.2, -0.15) is 22.1 Å².